The molecule has 1 aromatic heterocycles. The molecule has 1 aliphatic rings. The minimum absolute atomic E-state index is 0.276. The predicted molar refractivity (Wildman–Crippen MR) is 63.4 cm³/mol. The number of nitrogens with zero attached hydrogens (tertiary/aromatic N) is 2. The Kier molecular flexibility index (Phi) is 3.89. The number of hydrogen-bond acceptors (Lipinski definition) is 5. The van der Waals surface area contributed by atoms with Crippen molar-refractivity contribution in [2.75, 3.05) is 12.3 Å². The van der Waals surface area contributed by atoms with E-state index in [1.165, 1.54) is 0 Å². The van der Waals surface area contributed by atoms with Crippen molar-refractivity contribution in [3.8, 4) is 0 Å². The summed E-state index contributed by atoms with van der Waals surface area (Å²) < 4.78 is 58.5. The summed E-state index contributed by atoms with van der Waals surface area (Å²) >= 11 is 5.58. The molecule has 118 valence electrons. The van der Waals surface area contributed by atoms with Crippen LogP contribution in [0.5, 0.6) is 0 Å². The number of aromatic nitrogens is 2. The van der Waals surface area contributed by atoms with E-state index in [2.05, 4.69) is 9.72 Å². The van der Waals surface area contributed by atoms with Crippen LogP contribution in [0.3, 0.4) is 0 Å². The Morgan fingerprint density at radius 2 is 2.24 bits per heavy atom. The number of nitrogens with two attached hydrogens (primary N) is 1. The van der Waals surface area contributed by atoms with Gasteiger partial charge in [0.15, 0.2) is 5.60 Å². The minimum Gasteiger partial charge on any atom is -0.393 e. The van der Waals surface area contributed by atoms with Gasteiger partial charge in [-0.2, -0.15) is 4.98 Å². The molecule has 6 nitrogen and oxygen atoms in total. The van der Waals surface area contributed by atoms with E-state index < -0.39 is 42.9 Å². The first-order chi connectivity index (χ1) is 9.63. The number of aliphatic hydroxyl groups excluding tert-OH is 1. The standard InChI is InChI=1S/C10H10ClF4N3O3/c11-4-1-18(8(20)17-5(4)16)7-10(14,15)2-9(3-19,21-7)6(12)13/h1,6-7,19H,2-3H2,(H2,16,17,20). The lowest BCUT2D eigenvalue weighted by atomic mass is 10.00. The molecule has 2 atom stereocenters. The lowest BCUT2D eigenvalue weighted by molar-refractivity contribution is -0.183. The summed E-state index contributed by atoms with van der Waals surface area (Å²) in [5.74, 6) is -4.22. The first-order valence-electron chi connectivity index (χ1n) is 5.62. The number of aliphatic hydroxyl groups is 1. The molecule has 1 saturated heterocycles. The van der Waals surface area contributed by atoms with Crippen molar-refractivity contribution in [3.63, 3.8) is 0 Å². The van der Waals surface area contributed by atoms with Crippen molar-refractivity contribution < 1.29 is 27.4 Å². The molecule has 0 spiro atoms. The second kappa shape index (κ2) is 5.11. The number of ether oxygens (including phenoxy) is 1. The molecule has 2 heterocycles. The molecule has 0 amide bonds. The maximum atomic E-state index is 13.9. The molecule has 3 N–H and O–H groups in total. The van der Waals surface area contributed by atoms with Gasteiger partial charge in [0.25, 0.3) is 12.3 Å². The topological polar surface area (TPSA) is 90.4 Å². The Balaban J connectivity index is 2.50. The third-order valence-corrected chi connectivity index (χ3v) is 3.39. The SMILES string of the molecule is Nc1nc(=O)n(C2OC(CO)(C(F)F)CC2(F)F)cc1Cl. The number of rotatable bonds is 3. The average Bonchev–Trinajstić information content (AvgIpc) is 2.66. The molecular weight excluding hydrogens is 322 g/mol. The molecule has 1 fully saturated rings. The van der Waals surface area contributed by atoms with E-state index in [9.17, 15) is 22.4 Å². The third-order valence-electron chi connectivity index (χ3n) is 3.09. The Morgan fingerprint density at radius 1 is 1.62 bits per heavy atom. The molecule has 0 radical (unpaired) electrons. The summed E-state index contributed by atoms with van der Waals surface area (Å²) in [5, 5.41) is 8.65. The molecule has 1 aromatic rings. The van der Waals surface area contributed by atoms with E-state index in [0.29, 0.717) is 0 Å². The summed E-state index contributed by atoms with van der Waals surface area (Å²) in [7, 11) is 0. The molecule has 11 heteroatoms. The molecule has 0 saturated carbocycles. The van der Waals surface area contributed by atoms with Crippen LogP contribution in [0, 0.1) is 0 Å². The van der Waals surface area contributed by atoms with Gasteiger partial charge in [0.1, 0.15) is 5.82 Å². The van der Waals surface area contributed by atoms with E-state index in [4.69, 9.17) is 22.4 Å². The lowest BCUT2D eigenvalue weighted by Gasteiger charge is -2.25. The van der Waals surface area contributed by atoms with Crippen molar-refractivity contribution >= 4 is 17.4 Å². The summed E-state index contributed by atoms with van der Waals surface area (Å²) in [6.45, 7) is -1.33. The van der Waals surface area contributed by atoms with Crippen LogP contribution < -0.4 is 11.4 Å². The number of nitrogen functional groups attached to an aromatic ring is 1. The van der Waals surface area contributed by atoms with Gasteiger partial charge < -0.3 is 15.6 Å². The lowest BCUT2D eigenvalue weighted by Crippen LogP contribution is -2.41. The van der Waals surface area contributed by atoms with Crippen molar-refractivity contribution in [2.45, 2.75) is 30.6 Å². The highest BCUT2D eigenvalue weighted by molar-refractivity contribution is 6.32. The maximum Gasteiger partial charge on any atom is 0.351 e. The fourth-order valence-corrected chi connectivity index (χ4v) is 2.16. The first kappa shape index (κ1) is 16.0. The van der Waals surface area contributed by atoms with Crippen LogP contribution >= 0.6 is 11.6 Å². The van der Waals surface area contributed by atoms with Crippen molar-refractivity contribution in [2.24, 2.45) is 0 Å². The van der Waals surface area contributed by atoms with Gasteiger partial charge >= 0.3 is 5.69 Å². The fourth-order valence-electron chi connectivity index (χ4n) is 2.01. The van der Waals surface area contributed by atoms with Gasteiger partial charge in [0.2, 0.25) is 6.23 Å². The Hall–Kier alpha value is -1.39. The molecule has 1 aliphatic heterocycles. The van der Waals surface area contributed by atoms with Crippen LogP contribution in [0.4, 0.5) is 23.4 Å². The normalized spacial score (nSPS) is 28.2. The van der Waals surface area contributed by atoms with Gasteiger partial charge in [-0.15, -0.1) is 0 Å². The first-order valence-corrected chi connectivity index (χ1v) is 5.99. The van der Waals surface area contributed by atoms with E-state index in [0.717, 1.165) is 6.20 Å². The quantitative estimate of drug-likeness (QED) is 0.807. The molecule has 0 aromatic carbocycles. The van der Waals surface area contributed by atoms with Crippen LogP contribution in [0.25, 0.3) is 0 Å². The zero-order valence-corrected chi connectivity index (χ0v) is 11.0. The average molecular weight is 332 g/mol. The van der Waals surface area contributed by atoms with Crippen LogP contribution in [0.2, 0.25) is 5.02 Å². The summed E-state index contributed by atoms with van der Waals surface area (Å²) in [5.41, 5.74) is 1.24. The number of hydrogen-bond donors (Lipinski definition) is 2. The molecule has 0 bridgehead atoms. The van der Waals surface area contributed by atoms with Gasteiger partial charge in [-0.3, -0.25) is 4.57 Å². The minimum atomic E-state index is -3.83. The predicted octanol–water partition coefficient (Wildman–Crippen LogP) is 1.03. The highest BCUT2D eigenvalue weighted by Crippen LogP contribution is 2.49. The van der Waals surface area contributed by atoms with E-state index in [1.54, 1.807) is 0 Å². The van der Waals surface area contributed by atoms with Gasteiger partial charge in [-0.1, -0.05) is 11.6 Å². The van der Waals surface area contributed by atoms with E-state index in [-0.39, 0.29) is 15.4 Å². The Bertz CT molecular complexity index is 612. The third kappa shape index (κ3) is 2.58. The molecule has 2 unspecified atom stereocenters. The second-order valence-corrected chi connectivity index (χ2v) is 5.00. The fraction of sp³-hybridized carbons (Fsp3) is 0.600. The molecule has 0 aliphatic carbocycles. The Morgan fingerprint density at radius 3 is 2.71 bits per heavy atom. The highest BCUT2D eigenvalue weighted by atomic mass is 35.5. The van der Waals surface area contributed by atoms with Crippen molar-refractivity contribution in [1.82, 2.24) is 9.55 Å². The maximum absolute atomic E-state index is 13.9. The number of halogens is 5. The molecular formula is C10H10ClF4N3O3. The van der Waals surface area contributed by atoms with Crippen LogP contribution in [-0.2, 0) is 4.74 Å². The van der Waals surface area contributed by atoms with Gasteiger partial charge in [-0.05, 0) is 0 Å². The van der Waals surface area contributed by atoms with Crippen molar-refractivity contribution in [1.29, 1.82) is 0 Å². The molecule has 2 rings (SSSR count). The van der Waals surface area contributed by atoms with Gasteiger partial charge in [0, 0.05) is 6.20 Å². The largest absolute Gasteiger partial charge is 0.393 e. The zero-order chi connectivity index (χ0) is 16.0. The van der Waals surface area contributed by atoms with Crippen LogP contribution in [0.15, 0.2) is 11.0 Å². The number of alkyl halides is 4. The monoisotopic (exact) mass is 331 g/mol. The van der Waals surface area contributed by atoms with Gasteiger partial charge in [-0.25, -0.2) is 22.4 Å². The highest BCUT2D eigenvalue weighted by Gasteiger charge is 2.63. The zero-order valence-electron chi connectivity index (χ0n) is 10.3. The number of anilines is 1. The molecule has 21 heavy (non-hydrogen) atoms. The van der Waals surface area contributed by atoms with Gasteiger partial charge in [0.05, 0.1) is 18.1 Å². The van der Waals surface area contributed by atoms with Crippen LogP contribution in [0.1, 0.15) is 12.6 Å². The summed E-state index contributed by atoms with van der Waals surface area (Å²) in [6, 6.07) is 0. The van der Waals surface area contributed by atoms with E-state index >= 15 is 0 Å². The van der Waals surface area contributed by atoms with Crippen molar-refractivity contribution in [3.05, 3.63) is 21.7 Å². The second-order valence-electron chi connectivity index (χ2n) is 4.60. The van der Waals surface area contributed by atoms with E-state index in [1.807, 2.05) is 0 Å². The van der Waals surface area contributed by atoms with Crippen LogP contribution in [-0.4, -0.2) is 39.2 Å². The summed E-state index contributed by atoms with van der Waals surface area (Å²) in [6.07, 6.45) is -6.46. The Labute approximate surface area is 120 Å². The smallest absolute Gasteiger partial charge is 0.351 e. The summed E-state index contributed by atoms with van der Waals surface area (Å²) in [4.78, 5) is 14.8.